The number of fused-ring (bicyclic) bond motifs is 1. The van der Waals surface area contributed by atoms with Crippen molar-refractivity contribution in [3.05, 3.63) is 42.1 Å². The van der Waals surface area contributed by atoms with Crippen LogP contribution in [0.25, 0.3) is 11.1 Å². The molecule has 1 aromatic carbocycles. The molecule has 0 saturated heterocycles. The number of likely N-dealkylation sites (N-methyl/N-ethyl adjacent to an activating group) is 1. The summed E-state index contributed by atoms with van der Waals surface area (Å²) in [6.07, 6.45) is 1.57. The number of carbonyl (C=O) groups is 2. The van der Waals surface area contributed by atoms with E-state index >= 15 is 0 Å². The van der Waals surface area contributed by atoms with E-state index < -0.39 is 6.10 Å². The molecule has 2 aromatic rings. The van der Waals surface area contributed by atoms with Crippen molar-refractivity contribution in [2.45, 2.75) is 19.4 Å². The minimum Gasteiger partial charge on any atom is -0.464 e. The van der Waals surface area contributed by atoms with E-state index in [1.165, 1.54) is 6.92 Å². The lowest BCUT2D eigenvalue weighted by molar-refractivity contribution is -0.127. The molecular formula is C20H24N4O3. The van der Waals surface area contributed by atoms with Gasteiger partial charge >= 0.3 is 0 Å². The smallest absolute Gasteiger partial charge is 0.261 e. The number of rotatable bonds is 6. The minimum atomic E-state index is -0.575. The SMILES string of the molecule is CC(=O)Nc1cccc(-c2ccnc3c2CC(C(=O)NCCN(C)C)O3)c1. The minimum absolute atomic E-state index is 0.120. The molecule has 2 amide bonds. The fourth-order valence-corrected chi connectivity index (χ4v) is 3.03. The third kappa shape index (κ3) is 4.62. The molecule has 1 atom stereocenters. The Morgan fingerprint density at radius 3 is 2.85 bits per heavy atom. The van der Waals surface area contributed by atoms with E-state index in [0.29, 0.717) is 18.8 Å². The van der Waals surface area contributed by atoms with Crippen LogP contribution in [0.15, 0.2) is 36.5 Å². The van der Waals surface area contributed by atoms with Crippen LogP contribution in [0.4, 0.5) is 5.69 Å². The predicted molar refractivity (Wildman–Crippen MR) is 104 cm³/mol. The number of hydrogen-bond donors (Lipinski definition) is 2. The Labute approximate surface area is 158 Å². The number of anilines is 1. The van der Waals surface area contributed by atoms with E-state index in [9.17, 15) is 9.59 Å². The number of benzene rings is 1. The Balaban J connectivity index is 1.77. The van der Waals surface area contributed by atoms with E-state index in [1.54, 1.807) is 6.20 Å². The second-order valence-corrected chi connectivity index (χ2v) is 6.81. The lowest BCUT2D eigenvalue weighted by Gasteiger charge is -2.13. The van der Waals surface area contributed by atoms with Crippen molar-refractivity contribution in [3.63, 3.8) is 0 Å². The molecule has 142 valence electrons. The van der Waals surface area contributed by atoms with Gasteiger partial charge in [-0.3, -0.25) is 9.59 Å². The summed E-state index contributed by atoms with van der Waals surface area (Å²) in [5.41, 5.74) is 3.53. The predicted octanol–water partition coefficient (Wildman–Crippen LogP) is 1.69. The van der Waals surface area contributed by atoms with Crippen LogP contribution in [0.2, 0.25) is 0 Å². The van der Waals surface area contributed by atoms with Gasteiger partial charge in [-0.05, 0) is 43.4 Å². The van der Waals surface area contributed by atoms with Gasteiger partial charge < -0.3 is 20.3 Å². The molecule has 0 fully saturated rings. The molecule has 2 N–H and O–H groups in total. The number of carbonyl (C=O) groups excluding carboxylic acids is 2. The summed E-state index contributed by atoms with van der Waals surface area (Å²) in [4.78, 5) is 30.0. The van der Waals surface area contributed by atoms with Gasteiger partial charge in [-0.25, -0.2) is 4.98 Å². The number of pyridine rings is 1. The number of hydrogen-bond acceptors (Lipinski definition) is 5. The van der Waals surface area contributed by atoms with Crippen molar-refractivity contribution < 1.29 is 14.3 Å². The van der Waals surface area contributed by atoms with Gasteiger partial charge in [0.05, 0.1) is 0 Å². The normalized spacial score (nSPS) is 15.2. The first-order chi connectivity index (χ1) is 12.9. The third-order valence-corrected chi connectivity index (χ3v) is 4.30. The average molecular weight is 368 g/mol. The summed E-state index contributed by atoms with van der Waals surface area (Å²) in [5.74, 6) is 0.239. The highest BCUT2D eigenvalue weighted by Gasteiger charge is 2.32. The molecule has 2 heterocycles. The second kappa shape index (κ2) is 8.18. The largest absolute Gasteiger partial charge is 0.464 e. The van der Waals surface area contributed by atoms with Crippen molar-refractivity contribution in [3.8, 4) is 17.0 Å². The Morgan fingerprint density at radius 2 is 2.11 bits per heavy atom. The lowest BCUT2D eigenvalue weighted by Crippen LogP contribution is -2.40. The summed E-state index contributed by atoms with van der Waals surface area (Å²) in [7, 11) is 3.92. The fourth-order valence-electron chi connectivity index (χ4n) is 3.03. The van der Waals surface area contributed by atoms with Crippen molar-refractivity contribution in [2.24, 2.45) is 0 Å². The molecule has 0 saturated carbocycles. The summed E-state index contributed by atoms with van der Waals surface area (Å²) >= 11 is 0. The zero-order valence-corrected chi connectivity index (χ0v) is 15.8. The van der Waals surface area contributed by atoms with E-state index in [0.717, 1.165) is 28.9 Å². The maximum Gasteiger partial charge on any atom is 0.261 e. The van der Waals surface area contributed by atoms with Crippen LogP contribution >= 0.6 is 0 Å². The zero-order valence-electron chi connectivity index (χ0n) is 15.8. The molecule has 0 aliphatic carbocycles. The number of nitrogens with one attached hydrogen (secondary N) is 2. The maximum atomic E-state index is 12.4. The molecule has 0 radical (unpaired) electrons. The van der Waals surface area contributed by atoms with Gasteiger partial charge in [0.2, 0.25) is 11.8 Å². The molecule has 27 heavy (non-hydrogen) atoms. The van der Waals surface area contributed by atoms with Gasteiger partial charge in [0.15, 0.2) is 6.10 Å². The van der Waals surface area contributed by atoms with Crippen LogP contribution in [0, 0.1) is 0 Å². The Morgan fingerprint density at radius 1 is 1.30 bits per heavy atom. The van der Waals surface area contributed by atoms with Gasteiger partial charge in [0, 0.05) is 43.9 Å². The molecule has 0 spiro atoms. The van der Waals surface area contributed by atoms with Gasteiger partial charge in [-0.1, -0.05) is 12.1 Å². The van der Waals surface area contributed by atoms with Crippen LogP contribution in [-0.4, -0.2) is 55.0 Å². The topological polar surface area (TPSA) is 83.6 Å². The van der Waals surface area contributed by atoms with Crippen molar-refractivity contribution in [1.82, 2.24) is 15.2 Å². The molecule has 3 rings (SSSR count). The standard InChI is InChI=1S/C20H24N4O3/c1-13(25)23-15-6-4-5-14(11-15)16-7-8-22-20-17(16)12-18(27-20)19(26)21-9-10-24(2)3/h4-8,11,18H,9-10,12H2,1-3H3,(H,21,26)(H,23,25). The molecule has 1 unspecified atom stereocenters. The monoisotopic (exact) mass is 368 g/mol. The van der Waals surface area contributed by atoms with Gasteiger partial charge in [-0.15, -0.1) is 0 Å². The Hall–Kier alpha value is -2.93. The van der Waals surface area contributed by atoms with Crippen molar-refractivity contribution >= 4 is 17.5 Å². The molecule has 1 aliphatic rings. The van der Waals surface area contributed by atoms with Crippen molar-refractivity contribution in [2.75, 3.05) is 32.5 Å². The quantitative estimate of drug-likeness (QED) is 0.811. The van der Waals surface area contributed by atoms with Crippen LogP contribution in [-0.2, 0) is 16.0 Å². The number of aromatic nitrogens is 1. The molecular weight excluding hydrogens is 344 g/mol. The zero-order chi connectivity index (χ0) is 19.4. The molecule has 7 nitrogen and oxygen atoms in total. The first-order valence-electron chi connectivity index (χ1n) is 8.89. The van der Waals surface area contributed by atoms with Crippen LogP contribution in [0.5, 0.6) is 5.88 Å². The van der Waals surface area contributed by atoms with Crippen LogP contribution in [0.1, 0.15) is 12.5 Å². The maximum absolute atomic E-state index is 12.4. The first-order valence-corrected chi connectivity index (χ1v) is 8.89. The summed E-state index contributed by atoms with van der Waals surface area (Å²) in [5, 5.41) is 5.69. The highest BCUT2D eigenvalue weighted by Crippen LogP contribution is 2.36. The van der Waals surface area contributed by atoms with Gasteiger partial charge in [-0.2, -0.15) is 0 Å². The van der Waals surface area contributed by atoms with E-state index in [4.69, 9.17) is 4.74 Å². The summed E-state index contributed by atoms with van der Waals surface area (Å²) in [6, 6.07) is 9.49. The lowest BCUT2D eigenvalue weighted by atomic mass is 9.98. The highest BCUT2D eigenvalue weighted by molar-refractivity contribution is 5.90. The summed E-state index contributed by atoms with van der Waals surface area (Å²) in [6.45, 7) is 2.82. The van der Waals surface area contributed by atoms with E-state index in [-0.39, 0.29) is 11.8 Å². The number of amides is 2. The highest BCUT2D eigenvalue weighted by atomic mass is 16.5. The molecule has 1 aromatic heterocycles. The fraction of sp³-hybridized carbons (Fsp3) is 0.350. The molecule has 7 heteroatoms. The second-order valence-electron chi connectivity index (χ2n) is 6.81. The van der Waals surface area contributed by atoms with E-state index in [1.807, 2.05) is 49.3 Å². The average Bonchev–Trinajstić information content (AvgIpc) is 3.05. The molecule has 1 aliphatic heterocycles. The van der Waals surface area contributed by atoms with E-state index in [2.05, 4.69) is 15.6 Å². The molecule has 0 bridgehead atoms. The van der Waals surface area contributed by atoms with Gasteiger partial charge in [0.1, 0.15) is 0 Å². The number of ether oxygens (including phenoxy) is 1. The van der Waals surface area contributed by atoms with Crippen LogP contribution < -0.4 is 15.4 Å². The summed E-state index contributed by atoms with van der Waals surface area (Å²) < 4.78 is 5.78. The first kappa shape index (κ1) is 18.8. The van der Waals surface area contributed by atoms with Gasteiger partial charge in [0.25, 0.3) is 5.91 Å². The Kier molecular flexibility index (Phi) is 5.71. The van der Waals surface area contributed by atoms with Crippen molar-refractivity contribution in [1.29, 1.82) is 0 Å². The Bertz CT molecular complexity index is 851. The van der Waals surface area contributed by atoms with Crippen LogP contribution in [0.3, 0.4) is 0 Å². The third-order valence-electron chi connectivity index (χ3n) is 4.30. The number of nitrogens with zero attached hydrogens (tertiary/aromatic N) is 2.